The molecule has 0 saturated heterocycles. The van der Waals surface area contributed by atoms with Crippen molar-refractivity contribution in [2.75, 3.05) is 5.32 Å². The molecule has 0 aliphatic rings. The number of carbonyl (C=O) groups is 1. The molecule has 3 N–H and O–H groups in total. The predicted molar refractivity (Wildman–Crippen MR) is 107 cm³/mol. The Labute approximate surface area is 158 Å². The van der Waals surface area contributed by atoms with Crippen molar-refractivity contribution in [3.8, 4) is 11.1 Å². The van der Waals surface area contributed by atoms with Gasteiger partial charge in [-0.3, -0.25) is 4.79 Å². The van der Waals surface area contributed by atoms with Crippen molar-refractivity contribution in [3.05, 3.63) is 90.5 Å². The van der Waals surface area contributed by atoms with Crippen LogP contribution in [0.15, 0.2) is 89.8 Å². The highest BCUT2D eigenvalue weighted by atomic mass is 32.2. The number of primary sulfonamides is 1. The van der Waals surface area contributed by atoms with Crippen molar-refractivity contribution in [1.29, 1.82) is 0 Å². The molecule has 0 radical (unpaired) electrons. The molecule has 5 nitrogen and oxygen atoms in total. The third-order valence-electron chi connectivity index (χ3n) is 3.85. The number of sulfonamides is 1. The molecule has 0 fully saturated rings. The van der Waals surface area contributed by atoms with Gasteiger partial charge in [-0.1, -0.05) is 54.6 Å². The van der Waals surface area contributed by atoms with E-state index in [-0.39, 0.29) is 10.8 Å². The molecule has 1 amide bonds. The lowest BCUT2D eigenvalue weighted by Gasteiger charge is -2.05. The van der Waals surface area contributed by atoms with Gasteiger partial charge >= 0.3 is 0 Å². The molecule has 0 bridgehead atoms. The van der Waals surface area contributed by atoms with Crippen molar-refractivity contribution >= 4 is 27.7 Å². The van der Waals surface area contributed by atoms with Crippen molar-refractivity contribution in [1.82, 2.24) is 0 Å². The van der Waals surface area contributed by atoms with E-state index in [0.717, 1.165) is 16.7 Å². The molecule has 0 aromatic heterocycles. The molecule has 0 spiro atoms. The summed E-state index contributed by atoms with van der Waals surface area (Å²) in [6.07, 6.45) is 3.10. The van der Waals surface area contributed by atoms with Crippen molar-refractivity contribution < 1.29 is 13.2 Å². The monoisotopic (exact) mass is 378 g/mol. The minimum absolute atomic E-state index is 0.0557. The predicted octanol–water partition coefficient (Wildman–Crippen LogP) is 3.65. The van der Waals surface area contributed by atoms with E-state index >= 15 is 0 Å². The van der Waals surface area contributed by atoms with E-state index in [1.54, 1.807) is 12.1 Å². The zero-order valence-corrected chi connectivity index (χ0v) is 15.2. The summed E-state index contributed by atoms with van der Waals surface area (Å²) in [4.78, 5) is 12.1. The zero-order chi connectivity index (χ0) is 19.3. The third-order valence-corrected chi connectivity index (χ3v) is 4.76. The Kier molecular flexibility index (Phi) is 5.49. The Morgan fingerprint density at radius 1 is 0.852 bits per heavy atom. The SMILES string of the molecule is NS(=O)(=O)c1cccc(NC(=O)/C=C/c2cccc(-c3ccccc3)c2)c1. The number of nitrogens with two attached hydrogens (primary N) is 1. The standard InChI is InChI=1S/C21H18N2O3S/c22-27(25,26)20-11-5-10-19(15-20)23-21(24)13-12-16-6-4-9-18(14-16)17-7-2-1-3-8-17/h1-15H,(H,23,24)(H2,22,25,26)/b13-12+. The van der Waals surface area contributed by atoms with Gasteiger partial charge in [0, 0.05) is 11.8 Å². The van der Waals surface area contributed by atoms with Crippen LogP contribution >= 0.6 is 0 Å². The van der Waals surface area contributed by atoms with Crippen LogP contribution in [-0.4, -0.2) is 14.3 Å². The Bertz CT molecular complexity index is 1090. The van der Waals surface area contributed by atoms with E-state index in [2.05, 4.69) is 5.32 Å². The maximum Gasteiger partial charge on any atom is 0.248 e. The van der Waals surface area contributed by atoms with E-state index < -0.39 is 10.0 Å². The van der Waals surface area contributed by atoms with E-state index in [1.165, 1.54) is 24.3 Å². The molecule has 27 heavy (non-hydrogen) atoms. The lowest BCUT2D eigenvalue weighted by Crippen LogP contribution is -2.13. The van der Waals surface area contributed by atoms with E-state index in [1.807, 2.05) is 54.6 Å². The Morgan fingerprint density at radius 3 is 2.30 bits per heavy atom. The average molecular weight is 378 g/mol. The fourth-order valence-electron chi connectivity index (χ4n) is 2.56. The molecule has 6 heteroatoms. The Balaban J connectivity index is 1.72. The minimum atomic E-state index is -3.82. The summed E-state index contributed by atoms with van der Waals surface area (Å²) in [7, 11) is -3.82. The lowest BCUT2D eigenvalue weighted by molar-refractivity contribution is -0.111. The summed E-state index contributed by atoms with van der Waals surface area (Å²) in [5.74, 6) is -0.369. The van der Waals surface area contributed by atoms with Crippen LogP contribution in [0.25, 0.3) is 17.2 Å². The first-order valence-electron chi connectivity index (χ1n) is 8.19. The van der Waals surface area contributed by atoms with Gasteiger partial charge in [-0.2, -0.15) is 0 Å². The quantitative estimate of drug-likeness (QED) is 0.664. The van der Waals surface area contributed by atoms with Gasteiger partial charge in [0.15, 0.2) is 0 Å². The molecule has 3 rings (SSSR count). The van der Waals surface area contributed by atoms with Crippen LogP contribution in [-0.2, 0) is 14.8 Å². The van der Waals surface area contributed by atoms with Crippen LogP contribution in [0.3, 0.4) is 0 Å². The molecule has 0 unspecified atom stereocenters. The lowest BCUT2D eigenvalue weighted by atomic mass is 10.0. The van der Waals surface area contributed by atoms with Gasteiger partial charge in [0.1, 0.15) is 0 Å². The van der Waals surface area contributed by atoms with Crippen LogP contribution in [0.5, 0.6) is 0 Å². The molecule has 0 aliphatic heterocycles. The summed E-state index contributed by atoms with van der Waals surface area (Å²) < 4.78 is 22.8. The second kappa shape index (κ2) is 7.99. The van der Waals surface area contributed by atoms with E-state index in [9.17, 15) is 13.2 Å². The van der Waals surface area contributed by atoms with Crippen LogP contribution in [0.2, 0.25) is 0 Å². The first-order chi connectivity index (χ1) is 12.9. The Morgan fingerprint density at radius 2 is 1.56 bits per heavy atom. The second-order valence-electron chi connectivity index (χ2n) is 5.89. The number of hydrogen-bond donors (Lipinski definition) is 2. The largest absolute Gasteiger partial charge is 0.322 e. The van der Waals surface area contributed by atoms with Gasteiger partial charge in [0.2, 0.25) is 15.9 Å². The van der Waals surface area contributed by atoms with Crippen molar-refractivity contribution in [3.63, 3.8) is 0 Å². The molecule has 3 aromatic rings. The van der Waals surface area contributed by atoms with Crippen molar-refractivity contribution in [2.24, 2.45) is 5.14 Å². The summed E-state index contributed by atoms with van der Waals surface area (Å²) in [6, 6.07) is 23.6. The normalized spacial score (nSPS) is 11.4. The number of nitrogens with one attached hydrogen (secondary N) is 1. The number of benzene rings is 3. The molecule has 0 aliphatic carbocycles. The highest BCUT2D eigenvalue weighted by Crippen LogP contribution is 2.20. The highest BCUT2D eigenvalue weighted by Gasteiger charge is 2.08. The summed E-state index contributed by atoms with van der Waals surface area (Å²) in [5.41, 5.74) is 3.38. The van der Waals surface area contributed by atoms with Crippen LogP contribution in [0, 0.1) is 0 Å². The van der Waals surface area contributed by atoms with E-state index in [0.29, 0.717) is 5.69 Å². The number of amides is 1. The van der Waals surface area contributed by atoms with Gasteiger partial charge in [-0.25, -0.2) is 13.6 Å². The number of rotatable bonds is 5. The van der Waals surface area contributed by atoms with Gasteiger partial charge < -0.3 is 5.32 Å². The second-order valence-corrected chi connectivity index (χ2v) is 7.45. The maximum atomic E-state index is 12.1. The number of anilines is 1. The fourth-order valence-corrected chi connectivity index (χ4v) is 3.12. The van der Waals surface area contributed by atoms with Gasteiger partial charge in [-0.05, 0) is 47.0 Å². The fraction of sp³-hybridized carbons (Fsp3) is 0. The summed E-state index contributed by atoms with van der Waals surface area (Å²) in [5, 5.41) is 7.72. The third kappa shape index (κ3) is 5.13. The van der Waals surface area contributed by atoms with Crippen LogP contribution < -0.4 is 10.5 Å². The Hall–Kier alpha value is -3.22. The number of carbonyl (C=O) groups excluding carboxylic acids is 1. The molecule has 136 valence electrons. The van der Waals surface area contributed by atoms with Crippen LogP contribution in [0.4, 0.5) is 5.69 Å². The molecule has 0 atom stereocenters. The topological polar surface area (TPSA) is 89.3 Å². The van der Waals surface area contributed by atoms with Gasteiger partial charge in [-0.15, -0.1) is 0 Å². The van der Waals surface area contributed by atoms with Gasteiger partial charge in [0.25, 0.3) is 0 Å². The summed E-state index contributed by atoms with van der Waals surface area (Å²) in [6.45, 7) is 0. The zero-order valence-electron chi connectivity index (χ0n) is 14.4. The number of hydrogen-bond acceptors (Lipinski definition) is 3. The molecule has 0 heterocycles. The maximum absolute atomic E-state index is 12.1. The van der Waals surface area contributed by atoms with E-state index in [4.69, 9.17) is 5.14 Å². The first kappa shape index (κ1) is 18.6. The van der Waals surface area contributed by atoms with Crippen molar-refractivity contribution in [2.45, 2.75) is 4.90 Å². The summed E-state index contributed by atoms with van der Waals surface area (Å²) >= 11 is 0. The first-order valence-corrected chi connectivity index (χ1v) is 9.74. The van der Waals surface area contributed by atoms with Gasteiger partial charge in [0.05, 0.1) is 4.90 Å². The average Bonchev–Trinajstić information content (AvgIpc) is 2.67. The molecule has 0 saturated carbocycles. The minimum Gasteiger partial charge on any atom is -0.322 e. The van der Waals surface area contributed by atoms with Crippen LogP contribution in [0.1, 0.15) is 5.56 Å². The highest BCUT2D eigenvalue weighted by molar-refractivity contribution is 7.89. The molecule has 3 aromatic carbocycles. The molecular formula is C21H18N2O3S. The smallest absolute Gasteiger partial charge is 0.248 e. The molecular weight excluding hydrogens is 360 g/mol.